The molecule has 1 N–H and O–H groups in total. The van der Waals surface area contributed by atoms with Crippen molar-refractivity contribution in [2.24, 2.45) is 0 Å². The summed E-state index contributed by atoms with van der Waals surface area (Å²) < 4.78 is 0. The SMILES string of the molecule is CCC1CN(c2ncccc2C(C)NC)CCS1. The second-order valence-electron chi connectivity index (χ2n) is 4.77. The number of nitrogens with one attached hydrogen (secondary N) is 1. The quantitative estimate of drug-likeness (QED) is 0.906. The molecule has 2 atom stereocenters. The summed E-state index contributed by atoms with van der Waals surface area (Å²) in [5.74, 6) is 2.38. The number of thioether (sulfide) groups is 1. The molecule has 1 aliphatic rings. The van der Waals surface area contributed by atoms with Gasteiger partial charge in [0.25, 0.3) is 0 Å². The summed E-state index contributed by atoms with van der Waals surface area (Å²) in [7, 11) is 2.00. The molecule has 2 rings (SSSR count). The van der Waals surface area contributed by atoms with Gasteiger partial charge in [0.2, 0.25) is 0 Å². The third kappa shape index (κ3) is 2.98. The Hall–Kier alpha value is -0.740. The molecule has 0 aromatic carbocycles. The summed E-state index contributed by atoms with van der Waals surface area (Å²) in [5.41, 5.74) is 1.31. The van der Waals surface area contributed by atoms with Crippen molar-refractivity contribution in [3.63, 3.8) is 0 Å². The van der Waals surface area contributed by atoms with Crippen LogP contribution in [0.5, 0.6) is 0 Å². The van der Waals surface area contributed by atoms with Gasteiger partial charge in [-0.2, -0.15) is 11.8 Å². The van der Waals surface area contributed by atoms with Crippen LogP contribution in [0.4, 0.5) is 5.82 Å². The Labute approximate surface area is 114 Å². The molecular weight excluding hydrogens is 242 g/mol. The first-order valence-corrected chi connectivity index (χ1v) is 7.79. The van der Waals surface area contributed by atoms with Crippen molar-refractivity contribution in [2.75, 3.05) is 30.8 Å². The second kappa shape index (κ2) is 6.43. The maximum absolute atomic E-state index is 4.62. The molecule has 2 unspecified atom stereocenters. The van der Waals surface area contributed by atoms with Gasteiger partial charge in [0.1, 0.15) is 5.82 Å². The summed E-state index contributed by atoms with van der Waals surface area (Å²) in [6.45, 7) is 6.70. The van der Waals surface area contributed by atoms with Crippen LogP contribution in [0.3, 0.4) is 0 Å². The van der Waals surface area contributed by atoms with Crippen LogP contribution in [0.25, 0.3) is 0 Å². The number of hydrogen-bond donors (Lipinski definition) is 1. The lowest BCUT2D eigenvalue weighted by atomic mass is 10.1. The molecule has 2 heterocycles. The molecule has 1 saturated heterocycles. The third-order valence-corrected chi connectivity index (χ3v) is 4.98. The zero-order valence-corrected chi connectivity index (χ0v) is 12.3. The van der Waals surface area contributed by atoms with Crippen LogP contribution in [0.1, 0.15) is 31.9 Å². The van der Waals surface area contributed by atoms with Gasteiger partial charge < -0.3 is 10.2 Å². The minimum absolute atomic E-state index is 0.350. The van der Waals surface area contributed by atoms with Crippen LogP contribution >= 0.6 is 11.8 Å². The number of nitrogens with zero attached hydrogens (tertiary/aromatic N) is 2. The van der Waals surface area contributed by atoms with Gasteiger partial charge in [-0.1, -0.05) is 13.0 Å². The van der Waals surface area contributed by atoms with Crippen LogP contribution in [-0.2, 0) is 0 Å². The topological polar surface area (TPSA) is 28.2 Å². The fraction of sp³-hybridized carbons (Fsp3) is 0.643. The van der Waals surface area contributed by atoms with Crippen molar-refractivity contribution in [1.82, 2.24) is 10.3 Å². The average molecular weight is 265 g/mol. The van der Waals surface area contributed by atoms with E-state index in [1.807, 2.05) is 19.3 Å². The van der Waals surface area contributed by atoms with Crippen molar-refractivity contribution in [1.29, 1.82) is 0 Å². The Balaban J connectivity index is 2.21. The number of anilines is 1. The predicted molar refractivity (Wildman–Crippen MR) is 80.5 cm³/mol. The highest BCUT2D eigenvalue weighted by Crippen LogP contribution is 2.29. The second-order valence-corrected chi connectivity index (χ2v) is 6.18. The maximum atomic E-state index is 4.62. The van der Waals surface area contributed by atoms with Gasteiger partial charge >= 0.3 is 0 Å². The highest BCUT2D eigenvalue weighted by Gasteiger charge is 2.22. The van der Waals surface area contributed by atoms with Crippen molar-refractivity contribution in [3.8, 4) is 0 Å². The molecule has 1 fully saturated rings. The van der Waals surface area contributed by atoms with E-state index in [4.69, 9.17) is 0 Å². The lowest BCUT2D eigenvalue weighted by Crippen LogP contribution is -2.39. The van der Waals surface area contributed by atoms with Gasteiger partial charge in [-0.05, 0) is 26.5 Å². The van der Waals surface area contributed by atoms with Gasteiger partial charge in [0, 0.05) is 41.9 Å². The Morgan fingerprint density at radius 3 is 3.17 bits per heavy atom. The molecule has 0 bridgehead atoms. The summed E-state index contributed by atoms with van der Waals surface area (Å²) >= 11 is 2.10. The summed E-state index contributed by atoms with van der Waals surface area (Å²) in [6, 6.07) is 4.57. The van der Waals surface area contributed by atoms with Crippen LogP contribution in [-0.4, -0.2) is 36.1 Å². The van der Waals surface area contributed by atoms with Crippen LogP contribution in [0.2, 0.25) is 0 Å². The van der Waals surface area contributed by atoms with Crippen LogP contribution in [0, 0.1) is 0 Å². The van der Waals surface area contributed by atoms with Crippen molar-refractivity contribution in [3.05, 3.63) is 23.9 Å². The largest absolute Gasteiger partial charge is 0.354 e. The smallest absolute Gasteiger partial charge is 0.133 e. The van der Waals surface area contributed by atoms with Crippen LogP contribution < -0.4 is 10.2 Å². The van der Waals surface area contributed by atoms with E-state index >= 15 is 0 Å². The van der Waals surface area contributed by atoms with Gasteiger partial charge in [-0.15, -0.1) is 0 Å². The molecule has 0 aliphatic carbocycles. The van der Waals surface area contributed by atoms with Crippen molar-refractivity contribution in [2.45, 2.75) is 31.6 Å². The predicted octanol–water partition coefficient (Wildman–Crippen LogP) is 2.69. The minimum Gasteiger partial charge on any atom is -0.354 e. The summed E-state index contributed by atoms with van der Waals surface area (Å²) in [6.07, 6.45) is 3.15. The van der Waals surface area contributed by atoms with E-state index in [1.54, 1.807) is 0 Å². The fourth-order valence-electron chi connectivity index (χ4n) is 2.33. The number of aromatic nitrogens is 1. The summed E-state index contributed by atoms with van der Waals surface area (Å²) in [4.78, 5) is 7.07. The van der Waals surface area contributed by atoms with Crippen LogP contribution in [0.15, 0.2) is 18.3 Å². The molecule has 3 nitrogen and oxygen atoms in total. The number of hydrogen-bond acceptors (Lipinski definition) is 4. The molecule has 18 heavy (non-hydrogen) atoms. The molecule has 4 heteroatoms. The molecule has 1 aromatic heterocycles. The molecule has 0 saturated carbocycles. The number of pyridine rings is 1. The van der Waals surface area contributed by atoms with E-state index in [1.165, 1.54) is 17.7 Å². The monoisotopic (exact) mass is 265 g/mol. The summed E-state index contributed by atoms with van der Waals surface area (Å²) in [5, 5.41) is 4.06. The normalized spacial score (nSPS) is 21.9. The molecule has 0 spiro atoms. The molecule has 1 aliphatic heterocycles. The first-order chi connectivity index (χ1) is 8.76. The van der Waals surface area contributed by atoms with Crippen molar-refractivity contribution < 1.29 is 0 Å². The van der Waals surface area contributed by atoms with Crippen molar-refractivity contribution >= 4 is 17.6 Å². The molecular formula is C14H23N3S. The Morgan fingerprint density at radius 2 is 2.44 bits per heavy atom. The van der Waals surface area contributed by atoms with Gasteiger partial charge in [0.15, 0.2) is 0 Å². The number of rotatable bonds is 4. The first-order valence-electron chi connectivity index (χ1n) is 6.75. The third-order valence-electron chi connectivity index (χ3n) is 3.61. The van der Waals surface area contributed by atoms with Gasteiger partial charge in [-0.25, -0.2) is 4.98 Å². The minimum atomic E-state index is 0.350. The molecule has 0 amide bonds. The molecule has 1 aromatic rings. The van der Waals surface area contributed by atoms with E-state index in [0.717, 1.165) is 24.2 Å². The van der Waals surface area contributed by atoms with E-state index < -0.39 is 0 Å². The Bertz CT molecular complexity index is 383. The van der Waals surface area contributed by atoms with Gasteiger partial charge in [-0.3, -0.25) is 0 Å². The zero-order valence-electron chi connectivity index (χ0n) is 11.5. The average Bonchev–Trinajstić information content (AvgIpc) is 2.46. The van der Waals surface area contributed by atoms with E-state index in [9.17, 15) is 0 Å². The zero-order chi connectivity index (χ0) is 13.0. The Morgan fingerprint density at radius 1 is 1.61 bits per heavy atom. The Kier molecular flexibility index (Phi) is 4.89. The lowest BCUT2D eigenvalue weighted by molar-refractivity contribution is 0.638. The highest BCUT2D eigenvalue weighted by atomic mass is 32.2. The van der Waals surface area contributed by atoms with E-state index in [2.05, 4.69) is 46.9 Å². The lowest BCUT2D eigenvalue weighted by Gasteiger charge is -2.34. The fourth-order valence-corrected chi connectivity index (χ4v) is 3.51. The first kappa shape index (κ1) is 13.7. The maximum Gasteiger partial charge on any atom is 0.133 e. The molecule has 100 valence electrons. The standard InChI is InChI=1S/C14H23N3S/c1-4-12-10-17(8-9-18-12)14-13(11(2)15-3)6-5-7-16-14/h5-7,11-12,15H,4,8-10H2,1-3H3. The van der Waals surface area contributed by atoms with E-state index in [-0.39, 0.29) is 0 Å². The molecule has 0 radical (unpaired) electrons. The van der Waals surface area contributed by atoms with E-state index in [0.29, 0.717) is 6.04 Å². The van der Waals surface area contributed by atoms with Gasteiger partial charge in [0.05, 0.1) is 0 Å². The highest BCUT2D eigenvalue weighted by molar-refractivity contribution is 8.00.